The molecule has 0 radical (unpaired) electrons. The molecule has 0 aromatic heterocycles. The molecule has 1 aromatic carbocycles. The highest BCUT2D eigenvalue weighted by Crippen LogP contribution is 2.12. The molecule has 1 aromatic rings. The highest BCUT2D eigenvalue weighted by Gasteiger charge is 2.05. The molecule has 6 nitrogen and oxygen atoms in total. The lowest BCUT2D eigenvalue weighted by atomic mass is 10.3. The van der Waals surface area contributed by atoms with Crippen molar-refractivity contribution in [3.63, 3.8) is 0 Å². The maximum Gasteiger partial charge on any atom is 0.191 e. The van der Waals surface area contributed by atoms with Gasteiger partial charge in [0.25, 0.3) is 0 Å². The molecule has 2 N–H and O–H groups in total. The third-order valence-corrected chi connectivity index (χ3v) is 3.46. The van der Waals surface area contributed by atoms with Crippen LogP contribution in [0, 0.1) is 5.82 Å². The molecule has 0 bridgehead atoms. The van der Waals surface area contributed by atoms with E-state index in [0.29, 0.717) is 12.3 Å². The number of halogens is 1. The second kappa shape index (κ2) is 12.5. The van der Waals surface area contributed by atoms with Gasteiger partial charge < -0.3 is 25.0 Å². The lowest BCUT2D eigenvalue weighted by molar-refractivity contribution is 0.162. The van der Waals surface area contributed by atoms with E-state index in [9.17, 15) is 4.39 Å². The number of hydrogen-bond donors (Lipinski definition) is 2. The summed E-state index contributed by atoms with van der Waals surface area (Å²) in [6.45, 7) is 8.58. The van der Waals surface area contributed by atoms with Crippen LogP contribution < -0.4 is 15.4 Å². The summed E-state index contributed by atoms with van der Waals surface area (Å²) in [4.78, 5) is 6.73. The van der Waals surface area contributed by atoms with Gasteiger partial charge in [-0.1, -0.05) is 0 Å². The average molecular weight is 354 g/mol. The molecule has 0 fully saturated rings. The zero-order valence-electron chi connectivity index (χ0n) is 15.7. The van der Waals surface area contributed by atoms with Crippen LogP contribution in [-0.4, -0.2) is 70.5 Å². The van der Waals surface area contributed by atoms with Crippen molar-refractivity contribution in [2.45, 2.75) is 20.0 Å². The lowest BCUT2D eigenvalue weighted by Crippen LogP contribution is -2.41. The Balaban J connectivity index is 2.38. The van der Waals surface area contributed by atoms with Gasteiger partial charge in [0.15, 0.2) is 5.96 Å². The molecule has 25 heavy (non-hydrogen) atoms. The molecule has 0 amide bonds. The van der Waals surface area contributed by atoms with Crippen LogP contribution in [0.15, 0.2) is 29.3 Å². The van der Waals surface area contributed by atoms with Gasteiger partial charge in [-0.25, -0.2) is 9.38 Å². The number of rotatable bonds is 11. The van der Waals surface area contributed by atoms with E-state index in [1.807, 2.05) is 13.8 Å². The second-order valence-electron chi connectivity index (χ2n) is 5.82. The zero-order valence-corrected chi connectivity index (χ0v) is 15.7. The van der Waals surface area contributed by atoms with Crippen LogP contribution in [-0.2, 0) is 4.74 Å². The summed E-state index contributed by atoms with van der Waals surface area (Å²) in [7, 11) is 3.76. The Morgan fingerprint density at radius 3 is 2.60 bits per heavy atom. The predicted molar refractivity (Wildman–Crippen MR) is 99.8 cm³/mol. The van der Waals surface area contributed by atoms with E-state index in [1.165, 1.54) is 12.1 Å². The first-order valence-electron chi connectivity index (χ1n) is 8.67. The summed E-state index contributed by atoms with van der Waals surface area (Å²) in [5, 5.41) is 6.52. The van der Waals surface area contributed by atoms with Crippen LogP contribution in [0.4, 0.5) is 4.39 Å². The van der Waals surface area contributed by atoms with E-state index in [1.54, 1.807) is 19.2 Å². The van der Waals surface area contributed by atoms with Gasteiger partial charge in [0.05, 0.1) is 13.2 Å². The first-order chi connectivity index (χ1) is 12.0. The van der Waals surface area contributed by atoms with E-state index < -0.39 is 0 Å². The Morgan fingerprint density at radius 2 is 1.96 bits per heavy atom. The second-order valence-corrected chi connectivity index (χ2v) is 5.82. The summed E-state index contributed by atoms with van der Waals surface area (Å²) in [6, 6.07) is 6.01. The summed E-state index contributed by atoms with van der Waals surface area (Å²) in [5.74, 6) is 1.13. The van der Waals surface area contributed by atoms with E-state index >= 15 is 0 Å². The zero-order chi connectivity index (χ0) is 18.5. The number of hydrogen-bond acceptors (Lipinski definition) is 4. The molecule has 0 saturated heterocycles. The summed E-state index contributed by atoms with van der Waals surface area (Å²) >= 11 is 0. The van der Waals surface area contributed by atoms with Gasteiger partial charge in [0.1, 0.15) is 17.7 Å². The van der Waals surface area contributed by atoms with Gasteiger partial charge in [0, 0.05) is 33.3 Å². The highest BCUT2D eigenvalue weighted by atomic mass is 19.1. The number of guanidine groups is 1. The molecule has 0 aliphatic rings. The first kappa shape index (κ1) is 21.2. The van der Waals surface area contributed by atoms with Gasteiger partial charge >= 0.3 is 0 Å². The first-order valence-corrected chi connectivity index (χ1v) is 8.67. The topological polar surface area (TPSA) is 58.1 Å². The Hall–Kier alpha value is -1.86. The molecule has 1 unspecified atom stereocenters. The molecular weight excluding hydrogens is 323 g/mol. The normalized spacial score (nSPS) is 13.0. The maximum absolute atomic E-state index is 12.9. The number of methoxy groups -OCH3 is 1. The number of likely N-dealkylation sites (N-methyl/N-ethyl adjacent to an activating group) is 1. The third-order valence-electron chi connectivity index (χ3n) is 3.46. The van der Waals surface area contributed by atoms with Gasteiger partial charge in [-0.2, -0.15) is 0 Å². The molecular formula is C18H31FN4O2. The smallest absolute Gasteiger partial charge is 0.191 e. The van der Waals surface area contributed by atoms with Crippen molar-refractivity contribution >= 4 is 5.96 Å². The molecule has 1 rings (SSSR count). The number of benzene rings is 1. The van der Waals surface area contributed by atoms with Crippen LogP contribution in [0.1, 0.15) is 13.8 Å². The molecule has 0 aliphatic heterocycles. The van der Waals surface area contributed by atoms with Crippen molar-refractivity contribution < 1.29 is 13.9 Å². The lowest BCUT2D eigenvalue weighted by Gasteiger charge is -2.18. The van der Waals surface area contributed by atoms with Crippen LogP contribution in [0.2, 0.25) is 0 Å². The Kier molecular flexibility index (Phi) is 10.6. The fourth-order valence-electron chi connectivity index (χ4n) is 2.07. The SMILES string of the molecule is CCNC(=NCC(C)Oc1ccc(F)cc1)NCCN(C)CCOC. The summed E-state index contributed by atoms with van der Waals surface area (Å²) in [5.41, 5.74) is 0. The monoisotopic (exact) mass is 354 g/mol. The van der Waals surface area contributed by atoms with Gasteiger partial charge in [-0.15, -0.1) is 0 Å². The fourth-order valence-corrected chi connectivity index (χ4v) is 2.07. The summed E-state index contributed by atoms with van der Waals surface area (Å²) < 4.78 is 23.7. The average Bonchev–Trinajstić information content (AvgIpc) is 2.60. The van der Waals surface area contributed by atoms with Crippen LogP contribution in [0.3, 0.4) is 0 Å². The van der Waals surface area contributed by atoms with E-state index in [2.05, 4.69) is 27.6 Å². The van der Waals surface area contributed by atoms with Crippen molar-refractivity contribution in [1.82, 2.24) is 15.5 Å². The molecule has 0 heterocycles. The van der Waals surface area contributed by atoms with Gasteiger partial charge in [-0.05, 0) is 45.2 Å². The van der Waals surface area contributed by atoms with Gasteiger partial charge in [0.2, 0.25) is 0 Å². The standard InChI is InChI=1S/C18H31FN4O2/c1-5-20-18(21-10-11-23(3)12-13-24-4)22-14-15(2)25-17-8-6-16(19)7-9-17/h6-9,15H,5,10-14H2,1-4H3,(H2,20,21,22). The van der Waals surface area contributed by atoms with E-state index in [4.69, 9.17) is 9.47 Å². The van der Waals surface area contributed by atoms with E-state index in [0.717, 1.165) is 38.7 Å². The summed E-state index contributed by atoms with van der Waals surface area (Å²) in [6.07, 6.45) is -0.106. The largest absolute Gasteiger partial charge is 0.489 e. The van der Waals surface area contributed by atoms with Crippen molar-refractivity contribution in [3.8, 4) is 5.75 Å². The number of nitrogens with zero attached hydrogens (tertiary/aromatic N) is 2. The number of aliphatic imine (C=N–C) groups is 1. The van der Waals surface area contributed by atoms with Crippen molar-refractivity contribution in [1.29, 1.82) is 0 Å². The molecule has 0 saturated carbocycles. The molecule has 0 spiro atoms. The van der Waals surface area contributed by atoms with Crippen molar-refractivity contribution in [2.24, 2.45) is 4.99 Å². The Labute approximate surface area is 150 Å². The number of nitrogens with one attached hydrogen (secondary N) is 2. The molecule has 7 heteroatoms. The highest BCUT2D eigenvalue weighted by molar-refractivity contribution is 5.79. The van der Waals surface area contributed by atoms with Crippen molar-refractivity contribution in [3.05, 3.63) is 30.1 Å². The van der Waals surface area contributed by atoms with Gasteiger partial charge in [-0.3, -0.25) is 0 Å². The van der Waals surface area contributed by atoms with Crippen molar-refractivity contribution in [2.75, 3.05) is 53.5 Å². The Morgan fingerprint density at radius 1 is 1.24 bits per heavy atom. The molecule has 0 aliphatic carbocycles. The van der Waals surface area contributed by atoms with Crippen LogP contribution in [0.25, 0.3) is 0 Å². The molecule has 142 valence electrons. The third kappa shape index (κ3) is 9.89. The Bertz CT molecular complexity index is 496. The minimum absolute atomic E-state index is 0.106. The fraction of sp³-hybridized carbons (Fsp3) is 0.611. The quantitative estimate of drug-likeness (QED) is 0.468. The number of ether oxygens (including phenoxy) is 2. The maximum atomic E-state index is 12.9. The minimum atomic E-state index is -0.271. The van der Waals surface area contributed by atoms with Crippen LogP contribution >= 0.6 is 0 Å². The molecule has 1 atom stereocenters. The predicted octanol–water partition coefficient (Wildman–Crippen LogP) is 1.73. The van der Waals surface area contributed by atoms with E-state index in [-0.39, 0.29) is 11.9 Å². The van der Waals surface area contributed by atoms with Crippen LogP contribution in [0.5, 0.6) is 5.75 Å². The minimum Gasteiger partial charge on any atom is -0.489 e.